The average molecular weight is 226 g/mol. The molecular weight excluding hydrogens is 210 g/mol. The number of allylic oxidation sites excluding steroid dienone is 2. The summed E-state index contributed by atoms with van der Waals surface area (Å²) in [6.45, 7) is 4.08. The van der Waals surface area contributed by atoms with Crippen LogP contribution in [-0.4, -0.2) is 15.7 Å². The van der Waals surface area contributed by atoms with Crippen LogP contribution in [0.5, 0.6) is 0 Å². The second-order valence-corrected chi connectivity index (χ2v) is 4.56. The summed E-state index contributed by atoms with van der Waals surface area (Å²) in [5, 5.41) is 4.38. The van der Waals surface area contributed by atoms with Gasteiger partial charge in [0.25, 0.3) is 5.92 Å². The van der Waals surface area contributed by atoms with Gasteiger partial charge in [-0.3, -0.25) is 4.68 Å². The maximum Gasteiger partial charge on any atom is 0.251 e. The van der Waals surface area contributed by atoms with Gasteiger partial charge in [0.2, 0.25) is 0 Å². The van der Waals surface area contributed by atoms with Crippen LogP contribution < -0.4 is 0 Å². The monoisotopic (exact) mass is 226 g/mol. The molecule has 4 heteroatoms. The van der Waals surface area contributed by atoms with Gasteiger partial charge in [0, 0.05) is 25.1 Å². The predicted molar refractivity (Wildman–Crippen MR) is 59.4 cm³/mol. The first-order valence-corrected chi connectivity index (χ1v) is 5.60. The van der Waals surface area contributed by atoms with E-state index in [-0.39, 0.29) is 12.8 Å². The normalized spacial score (nSPS) is 19.9. The molecule has 0 aliphatic heterocycles. The number of hydrogen-bond donors (Lipinski definition) is 0. The minimum absolute atomic E-state index is 0.0621. The molecule has 0 amide bonds. The van der Waals surface area contributed by atoms with Gasteiger partial charge >= 0.3 is 0 Å². The predicted octanol–water partition coefficient (Wildman–Crippen LogP) is 3.67. The van der Waals surface area contributed by atoms with Crippen molar-refractivity contribution >= 4 is 5.57 Å². The molecule has 0 aromatic carbocycles. The zero-order chi connectivity index (χ0) is 11.8. The molecule has 2 nitrogen and oxygen atoms in total. The lowest BCUT2D eigenvalue weighted by atomic mass is 9.94. The van der Waals surface area contributed by atoms with Crippen LogP contribution in [0.2, 0.25) is 0 Å². The molecule has 0 spiro atoms. The summed E-state index contributed by atoms with van der Waals surface area (Å²) in [4.78, 5) is 0. The van der Waals surface area contributed by atoms with Gasteiger partial charge in [0.05, 0.1) is 5.69 Å². The van der Waals surface area contributed by atoms with E-state index in [1.807, 2.05) is 30.8 Å². The van der Waals surface area contributed by atoms with Crippen LogP contribution >= 0.6 is 0 Å². The molecule has 1 aliphatic carbocycles. The maximum atomic E-state index is 13.0. The van der Waals surface area contributed by atoms with E-state index in [0.29, 0.717) is 12.5 Å². The van der Waals surface area contributed by atoms with Crippen LogP contribution in [0.4, 0.5) is 8.78 Å². The van der Waals surface area contributed by atoms with Crippen molar-refractivity contribution in [1.82, 2.24) is 9.78 Å². The molecule has 88 valence electrons. The van der Waals surface area contributed by atoms with Crippen molar-refractivity contribution in [2.45, 2.75) is 45.1 Å². The molecule has 0 bridgehead atoms. The molecule has 0 atom stereocenters. The molecule has 0 N–H and O–H groups in total. The van der Waals surface area contributed by atoms with Gasteiger partial charge in [0.15, 0.2) is 0 Å². The lowest BCUT2D eigenvalue weighted by Crippen LogP contribution is -2.18. The van der Waals surface area contributed by atoms with E-state index < -0.39 is 5.92 Å². The van der Waals surface area contributed by atoms with Crippen molar-refractivity contribution in [3.63, 3.8) is 0 Å². The zero-order valence-corrected chi connectivity index (χ0v) is 9.58. The Morgan fingerprint density at radius 2 is 2.19 bits per heavy atom. The molecule has 2 rings (SSSR count). The molecular formula is C12H16F2N2. The van der Waals surface area contributed by atoms with Crippen molar-refractivity contribution < 1.29 is 8.78 Å². The minimum atomic E-state index is -2.52. The van der Waals surface area contributed by atoms with E-state index in [1.54, 1.807) is 6.08 Å². The molecule has 1 aromatic heterocycles. The fraction of sp³-hybridized carbons (Fsp3) is 0.583. The Hall–Kier alpha value is -1.19. The van der Waals surface area contributed by atoms with Crippen LogP contribution in [0.15, 0.2) is 18.3 Å². The van der Waals surface area contributed by atoms with Gasteiger partial charge in [-0.15, -0.1) is 0 Å². The largest absolute Gasteiger partial charge is 0.270 e. The summed E-state index contributed by atoms with van der Waals surface area (Å²) in [7, 11) is 0. The number of hydrogen-bond acceptors (Lipinski definition) is 1. The van der Waals surface area contributed by atoms with Crippen molar-refractivity contribution in [1.29, 1.82) is 0 Å². The molecule has 0 radical (unpaired) electrons. The van der Waals surface area contributed by atoms with Gasteiger partial charge in [-0.2, -0.15) is 5.10 Å². The Morgan fingerprint density at radius 1 is 1.44 bits per heavy atom. The van der Waals surface area contributed by atoms with Crippen molar-refractivity contribution in [3.05, 3.63) is 24.0 Å². The fourth-order valence-corrected chi connectivity index (χ4v) is 1.82. The van der Waals surface area contributed by atoms with Crippen LogP contribution in [0, 0.1) is 0 Å². The standard InChI is InChI=1S/C12H16F2N2/c1-9(2)16-8-5-11(15-16)10-3-6-12(13,14)7-4-10/h3,5,8-9H,4,6-7H2,1-2H3. The molecule has 0 saturated heterocycles. The number of aromatic nitrogens is 2. The topological polar surface area (TPSA) is 17.8 Å². The maximum absolute atomic E-state index is 13.0. The molecule has 1 aromatic rings. The highest BCUT2D eigenvalue weighted by molar-refractivity contribution is 5.63. The molecule has 0 unspecified atom stereocenters. The Balaban J connectivity index is 2.16. The van der Waals surface area contributed by atoms with E-state index in [0.717, 1.165) is 11.3 Å². The van der Waals surface area contributed by atoms with Crippen molar-refractivity contribution in [2.24, 2.45) is 0 Å². The quantitative estimate of drug-likeness (QED) is 0.752. The third-order valence-corrected chi connectivity index (χ3v) is 2.87. The van der Waals surface area contributed by atoms with Gasteiger partial charge in [-0.25, -0.2) is 8.78 Å². The fourth-order valence-electron chi connectivity index (χ4n) is 1.82. The van der Waals surface area contributed by atoms with E-state index in [9.17, 15) is 8.78 Å². The average Bonchev–Trinajstić information content (AvgIpc) is 2.66. The van der Waals surface area contributed by atoms with Crippen LogP contribution in [-0.2, 0) is 0 Å². The Bertz CT molecular complexity index is 405. The summed E-state index contributed by atoms with van der Waals surface area (Å²) >= 11 is 0. The van der Waals surface area contributed by atoms with Gasteiger partial charge in [0.1, 0.15) is 0 Å². The highest BCUT2D eigenvalue weighted by Gasteiger charge is 2.31. The van der Waals surface area contributed by atoms with Crippen LogP contribution in [0.3, 0.4) is 0 Å². The molecule has 1 aliphatic rings. The molecule has 16 heavy (non-hydrogen) atoms. The first-order valence-electron chi connectivity index (χ1n) is 5.60. The summed E-state index contributed by atoms with van der Waals surface area (Å²) < 4.78 is 27.8. The lowest BCUT2D eigenvalue weighted by Gasteiger charge is -2.20. The Labute approximate surface area is 94.0 Å². The summed E-state index contributed by atoms with van der Waals surface area (Å²) in [6.07, 6.45) is 3.72. The van der Waals surface area contributed by atoms with Gasteiger partial charge in [-0.05, 0) is 31.9 Å². The Kier molecular flexibility index (Phi) is 2.82. The van der Waals surface area contributed by atoms with E-state index in [1.165, 1.54) is 0 Å². The van der Waals surface area contributed by atoms with Gasteiger partial charge in [-0.1, -0.05) is 6.08 Å². The number of rotatable bonds is 2. The third kappa shape index (κ3) is 2.31. The SMILES string of the molecule is CC(C)n1ccc(C2=CCC(F)(F)CC2)n1. The highest BCUT2D eigenvalue weighted by atomic mass is 19.3. The molecule has 0 fully saturated rings. The smallest absolute Gasteiger partial charge is 0.251 e. The van der Waals surface area contributed by atoms with E-state index in [2.05, 4.69) is 5.10 Å². The molecule has 1 heterocycles. The summed E-state index contributed by atoms with van der Waals surface area (Å²) in [6, 6.07) is 2.20. The van der Waals surface area contributed by atoms with E-state index >= 15 is 0 Å². The summed E-state index contributed by atoms with van der Waals surface area (Å²) in [5.41, 5.74) is 1.79. The second kappa shape index (κ2) is 4.00. The van der Waals surface area contributed by atoms with Crippen molar-refractivity contribution in [2.75, 3.05) is 0 Å². The molecule has 0 saturated carbocycles. The number of halogens is 2. The third-order valence-electron chi connectivity index (χ3n) is 2.87. The highest BCUT2D eigenvalue weighted by Crippen LogP contribution is 2.35. The van der Waals surface area contributed by atoms with E-state index in [4.69, 9.17) is 0 Å². The van der Waals surface area contributed by atoms with Crippen molar-refractivity contribution in [3.8, 4) is 0 Å². The zero-order valence-electron chi connectivity index (χ0n) is 9.58. The number of nitrogens with zero attached hydrogens (tertiary/aromatic N) is 2. The summed E-state index contributed by atoms with van der Waals surface area (Å²) in [5.74, 6) is -2.52. The first kappa shape index (κ1) is 11.3. The van der Waals surface area contributed by atoms with Crippen LogP contribution in [0.25, 0.3) is 5.57 Å². The Morgan fingerprint density at radius 3 is 2.69 bits per heavy atom. The number of alkyl halides is 2. The van der Waals surface area contributed by atoms with Crippen LogP contribution in [0.1, 0.15) is 44.8 Å². The minimum Gasteiger partial charge on any atom is -0.270 e. The first-order chi connectivity index (χ1) is 7.48. The van der Waals surface area contributed by atoms with Gasteiger partial charge < -0.3 is 0 Å². The lowest BCUT2D eigenvalue weighted by molar-refractivity contribution is -0.00606. The second-order valence-electron chi connectivity index (χ2n) is 4.56.